The Balaban J connectivity index is 2.09. The largest absolute Gasteiger partial charge is 0.399 e. The number of imidazole rings is 1. The molecule has 1 saturated heterocycles. The van der Waals surface area contributed by atoms with Crippen LogP contribution >= 0.6 is 0 Å². The number of aromatic nitrogens is 2. The highest BCUT2D eigenvalue weighted by Gasteiger charge is 2.18. The molecule has 2 heterocycles. The van der Waals surface area contributed by atoms with Gasteiger partial charge < -0.3 is 19.9 Å². The molecule has 0 saturated carbocycles. The summed E-state index contributed by atoms with van der Waals surface area (Å²) >= 11 is 0. The molecule has 1 aliphatic heterocycles. The minimum Gasteiger partial charge on any atom is -0.399 e. The third kappa shape index (κ3) is 1.80. The molecule has 5 nitrogen and oxygen atoms in total. The highest BCUT2D eigenvalue weighted by Crippen LogP contribution is 2.24. The highest BCUT2D eigenvalue weighted by molar-refractivity contribution is 5.82. The maximum absolute atomic E-state index is 5.82. The molecule has 3 rings (SSSR count). The molecule has 2 N–H and O–H groups in total. The highest BCUT2D eigenvalue weighted by atomic mass is 16.5. The smallest absolute Gasteiger partial charge is 0.206 e. The Morgan fingerprint density at radius 2 is 2.11 bits per heavy atom. The van der Waals surface area contributed by atoms with Crippen molar-refractivity contribution >= 4 is 22.7 Å². The lowest BCUT2D eigenvalue weighted by molar-refractivity contribution is 0.121. The molecule has 1 aliphatic rings. The van der Waals surface area contributed by atoms with E-state index in [1.165, 1.54) is 0 Å². The maximum Gasteiger partial charge on any atom is 0.206 e. The average Bonchev–Trinajstić information content (AvgIpc) is 2.77. The third-order valence-corrected chi connectivity index (χ3v) is 3.36. The van der Waals surface area contributed by atoms with Crippen LogP contribution in [-0.2, 0) is 11.3 Å². The van der Waals surface area contributed by atoms with E-state index in [1.54, 1.807) is 0 Å². The van der Waals surface area contributed by atoms with E-state index in [-0.39, 0.29) is 0 Å². The van der Waals surface area contributed by atoms with Crippen LogP contribution in [0.25, 0.3) is 11.0 Å². The number of aryl methyl sites for hydroxylation is 1. The summed E-state index contributed by atoms with van der Waals surface area (Å²) in [4.78, 5) is 7.00. The fourth-order valence-corrected chi connectivity index (χ4v) is 2.45. The van der Waals surface area contributed by atoms with Gasteiger partial charge in [0.2, 0.25) is 5.95 Å². The number of hydrogen-bond acceptors (Lipinski definition) is 4. The minimum absolute atomic E-state index is 0.761. The van der Waals surface area contributed by atoms with E-state index in [9.17, 15) is 0 Å². The van der Waals surface area contributed by atoms with Crippen molar-refractivity contribution in [3.63, 3.8) is 0 Å². The molecule has 0 radical (unpaired) electrons. The molecule has 18 heavy (non-hydrogen) atoms. The maximum atomic E-state index is 5.82. The van der Waals surface area contributed by atoms with Crippen LogP contribution in [0.1, 0.15) is 6.92 Å². The first-order valence-corrected chi connectivity index (χ1v) is 6.38. The first-order chi connectivity index (χ1) is 8.79. The van der Waals surface area contributed by atoms with E-state index >= 15 is 0 Å². The van der Waals surface area contributed by atoms with E-state index in [0.717, 1.165) is 55.5 Å². The zero-order chi connectivity index (χ0) is 12.5. The van der Waals surface area contributed by atoms with Crippen molar-refractivity contribution in [1.29, 1.82) is 0 Å². The summed E-state index contributed by atoms with van der Waals surface area (Å²) in [5, 5.41) is 0. The van der Waals surface area contributed by atoms with Gasteiger partial charge in [0, 0.05) is 25.3 Å². The van der Waals surface area contributed by atoms with E-state index < -0.39 is 0 Å². The van der Waals surface area contributed by atoms with E-state index in [0.29, 0.717) is 0 Å². The molecule has 0 atom stereocenters. The molecule has 0 bridgehead atoms. The van der Waals surface area contributed by atoms with Gasteiger partial charge in [-0.2, -0.15) is 0 Å². The lowest BCUT2D eigenvalue weighted by atomic mass is 10.3. The van der Waals surface area contributed by atoms with Gasteiger partial charge in [-0.1, -0.05) is 0 Å². The molecule has 1 aromatic heterocycles. The summed E-state index contributed by atoms with van der Waals surface area (Å²) in [6.07, 6.45) is 0. The van der Waals surface area contributed by atoms with Crippen molar-refractivity contribution in [2.24, 2.45) is 0 Å². The van der Waals surface area contributed by atoms with Gasteiger partial charge >= 0.3 is 0 Å². The van der Waals surface area contributed by atoms with Crippen LogP contribution in [0.15, 0.2) is 18.2 Å². The van der Waals surface area contributed by atoms with Gasteiger partial charge in [-0.05, 0) is 25.1 Å². The molecule has 0 spiro atoms. The van der Waals surface area contributed by atoms with Crippen molar-refractivity contribution < 1.29 is 4.74 Å². The van der Waals surface area contributed by atoms with E-state index in [4.69, 9.17) is 15.5 Å². The zero-order valence-corrected chi connectivity index (χ0v) is 10.6. The van der Waals surface area contributed by atoms with Gasteiger partial charge in [-0.25, -0.2) is 4.98 Å². The zero-order valence-electron chi connectivity index (χ0n) is 10.6. The molecule has 2 aromatic rings. The molecule has 0 unspecified atom stereocenters. The lowest BCUT2D eigenvalue weighted by Gasteiger charge is -2.28. The number of nitrogens with two attached hydrogens (primary N) is 1. The van der Waals surface area contributed by atoms with Crippen molar-refractivity contribution in [1.82, 2.24) is 9.55 Å². The topological polar surface area (TPSA) is 56.3 Å². The van der Waals surface area contributed by atoms with Gasteiger partial charge in [0.15, 0.2) is 0 Å². The fraction of sp³-hybridized carbons (Fsp3) is 0.462. The molecule has 5 heteroatoms. The van der Waals surface area contributed by atoms with Gasteiger partial charge in [-0.15, -0.1) is 0 Å². The Hall–Kier alpha value is -1.75. The fourth-order valence-electron chi connectivity index (χ4n) is 2.45. The van der Waals surface area contributed by atoms with Crippen LogP contribution in [0, 0.1) is 0 Å². The Labute approximate surface area is 106 Å². The van der Waals surface area contributed by atoms with Crippen molar-refractivity contribution in [2.75, 3.05) is 36.9 Å². The number of nitrogen functional groups attached to an aromatic ring is 1. The van der Waals surface area contributed by atoms with Gasteiger partial charge in [0.1, 0.15) is 0 Å². The molecular weight excluding hydrogens is 228 g/mol. The van der Waals surface area contributed by atoms with Gasteiger partial charge in [-0.3, -0.25) is 0 Å². The summed E-state index contributed by atoms with van der Waals surface area (Å²) in [5.41, 5.74) is 8.70. The summed E-state index contributed by atoms with van der Waals surface area (Å²) in [6.45, 7) is 6.40. The van der Waals surface area contributed by atoms with E-state index in [1.807, 2.05) is 18.2 Å². The van der Waals surface area contributed by atoms with E-state index in [2.05, 4.69) is 16.4 Å². The SMILES string of the molecule is CCn1c(N2CCOCC2)nc2cc(N)ccc21. The lowest BCUT2D eigenvalue weighted by Crippen LogP contribution is -2.37. The first kappa shape index (κ1) is 11.3. The molecule has 0 aliphatic carbocycles. The van der Waals surface area contributed by atoms with Crippen molar-refractivity contribution in [3.05, 3.63) is 18.2 Å². The first-order valence-electron chi connectivity index (χ1n) is 6.38. The summed E-state index contributed by atoms with van der Waals surface area (Å²) in [6, 6.07) is 5.91. The second-order valence-electron chi connectivity index (χ2n) is 4.50. The van der Waals surface area contributed by atoms with Crippen molar-refractivity contribution in [2.45, 2.75) is 13.5 Å². The van der Waals surface area contributed by atoms with Crippen molar-refractivity contribution in [3.8, 4) is 0 Å². The van der Waals surface area contributed by atoms with Crippen LogP contribution in [0.4, 0.5) is 11.6 Å². The monoisotopic (exact) mass is 246 g/mol. The molecule has 1 aromatic carbocycles. The second-order valence-corrected chi connectivity index (χ2v) is 4.50. The summed E-state index contributed by atoms with van der Waals surface area (Å²) in [7, 11) is 0. The molecule has 96 valence electrons. The van der Waals surface area contributed by atoms with Gasteiger partial charge in [0.25, 0.3) is 0 Å². The van der Waals surface area contributed by atoms with Crippen LogP contribution in [0.2, 0.25) is 0 Å². The normalized spacial score (nSPS) is 16.4. The number of ether oxygens (including phenoxy) is 1. The Morgan fingerprint density at radius 3 is 2.83 bits per heavy atom. The quantitative estimate of drug-likeness (QED) is 0.815. The number of fused-ring (bicyclic) bond motifs is 1. The molecular formula is C13H18N4O. The minimum atomic E-state index is 0.761. The third-order valence-electron chi connectivity index (χ3n) is 3.36. The second kappa shape index (κ2) is 4.49. The predicted octanol–water partition coefficient (Wildman–Crippen LogP) is 1.47. The van der Waals surface area contributed by atoms with Crippen LogP contribution < -0.4 is 10.6 Å². The number of benzene rings is 1. The number of nitrogens with zero attached hydrogens (tertiary/aromatic N) is 3. The molecule has 0 amide bonds. The predicted molar refractivity (Wildman–Crippen MR) is 72.9 cm³/mol. The average molecular weight is 246 g/mol. The Kier molecular flexibility index (Phi) is 2.83. The standard InChI is InChI=1S/C13H18N4O/c1-2-17-12-4-3-10(14)9-11(12)15-13(17)16-5-7-18-8-6-16/h3-4,9H,2,5-8,14H2,1H3. The van der Waals surface area contributed by atoms with Crippen LogP contribution in [0.3, 0.4) is 0 Å². The van der Waals surface area contributed by atoms with Crippen LogP contribution in [0.5, 0.6) is 0 Å². The van der Waals surface area contributed by atoms with Gasteiger partial charge in [0.05, 0.1) is 24.2 Å². The summed E-state index contributed by atoms with van der Waals surface area (Å²) < 4.78 is 7.63. The van der Waals surface area contributed by atoms with Crippen LogP contribution in [-0.4, -0.2) is 35.9 Å². The molecule has 1 fully saturated rings. The Bertz CT molecular complexity index is 557. The number of morpholine rings is 1. The summed E-state index contributed by atoms with van der Waals surface area (Å²) in [5.74, 6) is 1.03. The number of rotatable bonds is 2. The number of hydrogen-bond donors (Lipinski definition) is 1. The number of anilines is 2. The Morgan fingerprint density at radius 1 is 1.33 bits per heavy atom.